The first kappa shape index (κ1) is 15.6. The van der Waals surface area contributed by atoms with Crippen molar-refractivity contribution in [2.24, 2.45) is 0 Å². The number of ether oxygens (including phenoxy) is 1. The molecule has 2 fully saturated rings. The van der Waals surface area contributed by atoms with Gasteiger partial charge in [-0.1, -0.05) is 35.3 Å². The summed E-state index contributed by atoms with van der Waals surface area (Å²) in [6, 6.07) is 7.09. The fourth-order valence-corrected chi connectivity index (χ4v) is 3.74. The van der Waals surface area contributed by atoms with Crippen LogP contribution in [0.2, 0.25) is 10.0 Å². The van der Waals surface area contributed by atoms with Gasteiger partial charge in [0.05, 0.1) is 10.0 Å². The molecule has 2 aliphatic heterocycles. The molecule has 21 heavy (non-hydrogen) atoms. The Labute approximate surface area is 136 Å². The molecule has 0 unspecified atom stereocenters. The van der Waals surface area contributed by atoms with Gasteiger partial charge in [-0.2, -0.15) is 0 Å². The molecule has 0 amide bonds. The average Bonchev–Trinajstić information content (AvgIpc) is 3.04. The molecule has 0 bridgehead atoms. The molecule has 0 aromatic heterocycles. The van der Waals surface area contributed by atoms with Gasteiger partial charge in [0, 0.05) is 38.4 Å². The van der Waals surface area contributed by atoms with Crippen molar-refractivity contribution in [3.05, 3.63) is 33.8 Å². The normalized spacial score (nSPS) is 23.9. The van der Waals surface area contributed by atoms with Gasteiger partial charge in [-0.05, 0) is 37.4 Å². The summed E-state index contributed by atoms with van der Waals surface area (Å²) in [6.07, 6.45) is 3.42. The fraction of sp³-hybridized carbons (Fsp3) is 0.625. The first-order valence-electron chi connectivity index (χ1n) is 7.73. The van der Waals surface area contributed by atoms with Crippen LogP contribution in [0, 0.1) is 0 Å². The van der Waals surface area contributed by atoms with Crippen LogP contribution in [-0.4, -0.2) is 43.3 Å². The van der Waals surface area contributed by atoms with Crippen LogP contribution in [0.4, 0.5) is 0 Å². The lowest BCUT2D eigenvalue weighted by molar-refractivity contribution is 0.0159. The second-order valence-electron chi connectivity index (χ2n) is 5.88. The summed E-state index contributed by atoms with van der Waals surface area (Å²) in [4.78, 5) is 2.61. The van der Waals surface area contributed by atoms with Crippen LogP contribution in [0.5, 0.6) is 0 Å². The van der Waals surface area contributed by atoms with Crippen molar-refractivity contribution in [1.82, 2.24) is 10.2 Å². The van der Waals surface area contributed by atoms with Crippen LogP contribution < -0.4 is 5.32 Å². The van der Waals surface area contributed by atoms with Crippen LogP contribution in [0.1, 0.15) is 24.8 Å². The van der Waals surface area contributed by atoms with Gasteiger partial charge in [0.25, 0.3) is 0 Å². The van der Waals surface area contributed by atoms with E-state index in [9.17, 15) is 0 Å². The van der Waals surface area contributed by atoms with Crippen molar-refractivity contribution in [3.63, 3.8) is 0 Å². The molecule has 116 valence electrons. The van der Waals surface area contributed by atoms with E-state index in [1.165, 1.54) is 6.42 Å². The number of hydrogen-bond acceptors (Lipinski definition) is 3. The molecule has 1 N–H and O–H groups in total. The summed E-state index contributed by atoms with van der Waals surface area (Å²) in [7, 11) is 0. The van der Waals surface area contributed by atoms with Crippen LogP contribution >= 0.6 is 23.2 Å². The molecule has 0 radical (unpaired) electrons. The Hall–Kier alpha value is -0.320. The minimum atomic E-state index is 0.582. The Morgan fingerprint density at radius 2 is 1.95 bits per heavy atom. The zero-order valence-electron chi connectivity index (χ0n) is 12.2. The van der Waals surface area contributed by atoms with Crippen LogP contribution in [0.3, 0.4) is 0 Å². The summed E-state index contributed by atoms with van der Waals surface area (Å²) < 4.78 is 5.52. The zero-order chi connectivity index (χ0) is 14.7. The summed E-state index contributed by atoms with van der Waals surface area (Å²) >= 11 is 12.5. The molecule has 2 saturated heterocycles. The molecule has 0 spiro atoms. The van der Waals surface area contributed by atoms with Crippen molar-refractivity contribution in [3.8, 4) is 0 Å². The number of hydrogen-bond donors (Lipinski definition) is 1. The van der Waals surface area contributed by atoms with E-state index in [-0.39, 0.29) is 0 Å². The van der Waals surface area contributed by atoms with Crippen molar-refractivity contribution < 1.29 is 4.74 Å². The van der Waals surface area contributed by atoms with Gasteiger partial charge >= 0.3 is 0 Å². The van der Waals surface area contributed by atoms with Gasteiger partial charge in [0.1, 0.15) is 0 Å². The summed E-state index contributed by atoms with van der Waals surface area (Å²) in [5.74, 6) is 0. The lowest BCUT2D eigenvalue weighted by atomic mass is 10.0. The maximum Gasteiger partial charge on any atom is 0.0637 e. The second-order valence-corrected chi connectivity index (χ2v) is 6.66. The van der Waals surface area contributed by atoms with E-state index in [4.69, 9.17) is 27.9 Å². The van der Waals surface area contributed by atoms with E-state index >= 15 is 0 Å². The topological polar surface area (TPSA) is 24.5 Å². The molecule has 5 heteroatoms. The molecule has 3 rings (SSSR count). The van der Waals surface area contributed by atoms with Crippen LogP contribution in [0.25, 0.3) is 0 Å². The molecule has 0 saturated carbocycles. The highest BCUT2D eigenvalue weighted by atomic mass is 35.5. The Kier molecular flexibility index (Phi) is 5.41. The van der Waals surface area contributed by atoms with E-state index < -0.39 is 0 Å². The van der Waals surface area contributed by atoms with E-state index in [1.807, 2.05) is 12.1 Å². The van der Waals surface area contributed by atoms with E-state index in [0.29, 0.717) is 22.1 Å². The Morgan fingerprint density at radius 1 is 1.14 bits per heavy atom. The van der Waals surface area contributed by atoms with Gasteiger partial charge in [-0.3, -0.25) is 4.90 Å². The van der Waals surface area contributed by atoms with Crippen molar-refractivity contribution in [2.45, 2.75) is 37.9 Å². The minimum absolute atomic E-state index is 0.582. The number of nitrogens with zero attached hydrogens (tertiary/aromatic N) is 1. The van der Waals surface area contributed by atoms with E-state index in [2.05, 4.69) is 16.3 Å². The minimum Gasteiger partial charge on any atom is -0.381 e. The van der Waals surface area contributed by atoms with Crippen molar-refractivity contribution in [1.29, 1.82) is 0 Å². The van der Waals surface area contributed by atoms with E-state index in [1.54, 1.807) is 0 Å². The van der Waals surface area contributed by atoms with E-state index in [0.717, 1.165) is 51.3 Å². The second kappa shape index (κ2) is 7.30. The zero-order valence-corrected chi connectivity index (χ0v) is 13.7. The third kappa shape index (κ3) is 3.72. The third-order valence-electron chi connectivity index (χ3n) is 4.55. The standard InChI is InChI=1S/C16H22Cl2N2O/c17-15-3-1-2-12(16(15)18)11-20(14-4-7-19-10-14)13-5-8-21-9-6-13/h1-3,13-14,19H,4-11H2/t14-/m0/s1. The molecule has 3 nitrogen and oxygen atoms in total. The molecule has 1 aromatic rings. The predicted molar refractivity (Wildman–Crippen MR) is 87.1 cm³/mol. The van der Waals surface area contributed by atoms with Crippen molar-refractivity contribution in [2.75, 3.05) is 26.3 Å². The maximum absolute atomic E-state index is 6.38. The molecule has 1 aromatic carbocycles. The number of halogens is 2. The number of benzene rings is 1. The highest BCUT2D eigenvalue weighted by Crippen LogP contribution is 2.29. The van der Waals surface area contributed by atoms with Gasteiger partial charge < -0.3 is 10.1 Å². The molecule has 2 aliphatic rings. The summed E-state index contributed by atoms with van der Waals surface area (Å²) in [5.41, 5.74) is 1.13. The Morgan fingerprint density at radius 3 is 2.67 bits per heavy atom. The molecule has 2 heterocycles. The lowest BCUT2D eigenvalue weighted by Crippen LogP contribution is -2.46. The quantitative estimate of drug-likeness (QED) is 0.917. The number of rotatable bonds is 4. The Bertz CT molecular complexity index is 471. The monoisotopic (exact) mass is 328 g/mol. The van der Waals surface area contributed by atoms with Crippen molar-refractivity contribution >= 4 is 23.2 Å². The highest BCUT2D eigenvalue weighted by Gasteiger charge is 2.30. The maximum atomic E-state index is 6.38. The molecule has 0 aliphatic carbocycles. The lowest BCUT2D eigenvalue weighted by Gasteiger charge is -2.38. The summed E-state index contributed by atoms with van der Waals surface area (Å²) in [6.45, 7) is 4.77. The predicted octanol–water partition coefficient (Wildman–Crippen LogP) is 3.34. The largest absolute Gasteiger partial charge is 0.381 e. The molecular weight excluding hydrogens is 307 g/mol. The first-order chi connectivity index (χ1) is 10.3. The smallest absolute Gasteiger partial charge is 0.0637 e. The van der Waals surface area contributed by atoms with Gasteiger partial charge in [0.15, 0.2) is 0 Å². The fourth-order valence-electron chi connectivity index (χ4n) is 3.36. The van der Waals surface area contributed by atoms with Gasteiger partial charge in [0.2, 0.25) is 0 Å². The Balaban J connectivity index is 1.79. The van der Waals surface area contributed by atoms with Crippen LogP contribution in [-0.2, 0) is 11.3 Å². The van der Waals surface area contributed by atoms with Gasteiger partial charge in [-0.15, -0.1) is 0 Å². The van der Waals surface area contributed by atoms with Gasteiger partial charge in [-0.25, -0.2) is 0 Å². The van der Waals surface area contributed by atoms with Crippen LogP contribution in [0.15, 0.2) is 18.2 Å². The average molecular weight is 329 g/mol. The molecule has 1 atom stereocenters. The number of nitrogens with one attached hydrogen (secondary N) is 1. The molecular formula is C16H22Cl2N2O. The first-order valence-corrected chi connectivity index (χ1v) is 8.48. The summed E-state index contributed by atoms with van der Waals surface area (Å²) in [5, 5.41) is 4.81. The third-order valence-corrected chi connectivity index (χ3v) is 5.41. The SMILES string of the molecule is Clc1cccc(CN(C2CCOCC2)[C@H]2CCNC2)c1Cl. The highest BCUT2D eigenvalue weighted by molar-refractivity contribution is 6.42.